The fourth-order valence-corrected chi connectivity index (χ4v) is 2.12. The molecular weight excluding hydrogens is 289 g/mol. The van der Waals surface area contributed by atoms with Gasteiger partial charge in [0.1, 0.15) is 5.15 Å². The summed E-state index contributed by atoms with van der Waals surface area (Å²) in [7, 11) is 1.61. The van der Waals surface area contributed by atoms with Gasteiger partial charge in [-0.15, -0.1) is 0 Å². The van der Waals surface area contributed by atoms with Crippen LogP contribution >= 0.6 is 23.2 Å². The lowest BCUT2D eigenvalue weighted by Gasteiger charge is -2.14. The highest BCUT2D eigenvalue weighted by Gasteiger charge is 2.16. The number of pyridine rings is 1. The Morgan fingerprint density at radius 3 is 2.84 bits per heavy atom. The van der Waals surface area contributed by atoms with Gasteiger partial charge < -0.3 is 15.8 Å². The minimum absolute atomic E-state index is 0.155. The highest BCUT2D eigenvalue weighted by atomic mass is 35.5. The zero-order valence-corrected chi connectivity index (χ0v) is 12.4. The summed E-state index contributed by atoms with van der Waals surface area (Å²) in [4.78, 5) is 15.8. The maximum Gasteiger partial charge on any atom is 0.241 e. The van der Waals surface area contributed by atoms with Gasteiger partial charge in [0.25, 0.3) is 0 Å². The lowest BCUT2D eigenvalue weighted by atomic mass is 10.1. The van der Waals surface area contributed by atoms with Crippen LogP contribution in [0.25, 0.3) is 0 Å². The third kappa shape index (κ3) is 4.95. The first-order chi connectivity index (χ1) is 8.95. The second-order valence-electron chi connectivity index (χ2n) is 4.16. The number of methoxy groups -OCH3 is 1. The molecule has 1 heterocycles. The topological polar surface area (TPSA) is 77.2 Å². The van der Waals surface area contributed by atoms with Crippen molar-refractivity contribution in [3.05, 3.63) is 21.9 Å². The number of carbonyl (C=O) groups is 1. The van der Waals surface area contributed by atoms with E-state index in [1.165, 1.54) is 0 Å². The molecule has 1 amide bonds. The Hall–Kier alpha value is -0.880. The normalized spacial score (nSPS) is 12.3. The number of nitrogens with zero attached hydrogens (tertiary/aromatic N) is 1. The van der Waals surface area contributed by atoms with E-state index < -0.39 is 6.04 Å². The first-order valence-electron chi connectivity index (χ1n) is 5.83. The highest BCUT2D eigenvalue weighted by Crippen LogP contribution is 2.26. The zero-order chi connectivity index (χ0) is 14.4. The number of rotatable bonds is 6. The van der Waals surface area contributed by atoms with E-state index in [1.54, 1.807) is 20.1 Å². The number of amides is 1. The lowest BCUT2D eigenvalue weighted by Crippen LogP contribution is -2.36. The van der Waals surface area contributed by atoms with Gasteiger partial charge in [-0.2, -0.15) is 0 Å². The number of hydrogen-bond donors (Lipinski definition) is 2. The second kappa shape index (κ2) is 7.65. The summed E-state index contributed by atoms with van der Waals surface area (Å²) in [5, 5.41) is 3.11. The molecule has 1 aromatic heterocycles. The summed E-state index contributed by atoms with van der Waals surface area (Å²) < 4.78 is 4.91. The smallest absolute Gasteiger partial charge is 0.241 e. The van der Waals surface area contributed by atoms with Crippen LogP contribution in [-0.4, -0.2) is 30.6 Å². The molecule has 7 heteroatoms. The molecule has 0 saturated heterocycles. The molecule has 1 unspecified atom stereocenters. The van der Waals surface area contributed by atoms with Crippen molar-refractivity contribution in [2.75, 3.05) is 19.0 Å². The molecule has 0 radical (unpaired) electrons. The van der Waals surface area contributed by atoms with Crippen molar-refractivity contribution in [3.63, 3.8) is 0 Å². The molecule has 5 nitrogen and oxygen atoms in total. The van der Waals surface area contributed by atoms with E-state index in [9.17, 15) is 4.79 Å². The van der Waals surface area contributed by atoms with Crippen LogP contribution in [0.4, 0.5) is 5.69 Å². The minimum atomic E-state index is -0.610. The van der Waals surface area contributed by atoms with Crippen molar-refractivity contribution in [1.82, 2.24) is 4.98 Å². The number of nitrogens with one attached hydrogen (secondary N) is 1. The predicted molar refractivity (Wildman–Crippen MR) is 76.7 cm³/mol. The van der Waals surface area contributed by atoms with Gasteiger partial charge in [0.05, 0.1) is 11.7 Å². The van der Waals surface area contributed by atoms with Crippen LogP contribution < -0.4 is 11.1 Å². The maximum absolute atomic E-state index is 11.9. The van der Waals surface area contributed by atoms with Crippen molar-refractivity contribution in [3.8, 4) is 0 Å². The van der Waals surface area contributed by atoms with Gasteiger partial charge in [0, 0.05) is 13.7 Å². The number of anilines is 1. The first kappa shape index (κ1) is 16.2. The third-order valence-electron chi connectivity index (χ3n) is 2.59. The summed E-state index contributed by atoms with van der Waals surface area (Å²) in [6.07, 6.45) is 1.26. The van der Waals surface area contributed by atoms with E-state index in [1.807, 2.05) is 0 Å². The summed E-state index contributed by atoms with van der Waals surface area (Å²) >= 11 is 11.7. The fraction of sp³-hybridized carbons (Fsp3) is 0.500. The molecule has 0 aliphatic heterocycles. The lowest BCUT2D eigenvalue weighted by molar-refractivity contribution is -0.117. The van der Waals surface area contributed by atoms with Crippen LogP contribution in [0.15, 0.2) is 6.07 Å². The molecular formula is C12H17Cl2N3O2. The number of halogens is 2. The highest BCUT2D eigenvalue weighted by molar-refractivity contribution is 6.34. The molecule has 0 aliphatic carbocycles. The molecule has 0 saturated carbocycles. The van der Waals surface area contributed by atoms with E-state index in [4.69, 9.17) is 33.7 Å². The largest absolute Gasteiger partial charge is 0.385 e. The summed E-state index contributed by atoms with van der Waals surface area (Å²) in [6, 6.07) is 1.01. The van der Waals surface area contributed by atoms with Crippen molar-refractivity contribution in [2.45, 2.75) is 25.8 Å². The van der Waals surface area contributed by atoms with Crippen molar-refractivity contribution in [1.29, 1.82) is 0 Å². The van der Waals surface area contributed by atoms with E-state index in [0.717, 1.165) is 12.0 Å². The molecule has 0 fully saturated rings. The molecule has 19 heavy (non-hydrogen) atoms. The van der Waals surface area contributed by atoms with E-state index in [2.05, 4.69) is 10.3 Å². The molecule has 1 atom stereocenters. The molecule has 0 spiro atoms. The molecule has 0 aliphatic rings. The number of ether oxygens (including phenoxy) is 1. The Morgan fingerprint density at radius 1 is 1.58 bits per heavy atom. The third-order valence-corrected chi connectivity index (χ3v) is 3.06. The SMILES string of the molecule is COCCCC(N)C(=O)Nc1c(C)cc(Cl)nc1Cl. The Labute approximate surface area is 122 Å². The summed E-state index contributed by atoms with van der Waals surface area (Å²) in [5.74, 6) is -0.301. The van der Waals surface area contributed by atoms with Crippen LogP contribution in [0.2, 0.25) is 10.3 Å². The summed E-state index contributed by atoms with van der Waals surface area (Å²) in [6.45, 7) is 2.36. The minimum Gasteiger partial charge on any atom is -0.385 e. The quantitative estimate of drug-likeness (QED) is 0.625. The number of aryl methyl sites for hydroxylation is 1. The van der Waals surface area contributed by atoms with Gasteiger partial charge in [0.15, 0.2) is 5.15 Å². The Balaban J connectivity index is 2.66. The number of aromatic nitrogens is 1. The maximum atomic E-state index is 11.9. The van der Waals surface area contributed by atoms with Crippen molar-refractivity contribution >= 4 is 34.8 Å². The fourth-order valence-electron chi connectivity index (χ4n) is 1.54. The van der Waals surface area contributed by atoms with Gasteiger partial charge >= 0.3 is 0 Å². The monoisotopic (exact) mass is 305 g/mol. The molecule has 0 bridgehead atoms. The Kier molecular flexibility index (Phi) is 6.51. The zero-order valence-electron chi connectivity index (χ0n) is 10.9. The van der Waals surface area contributed by atoms with E-state index in [-0.39, 0.29) is 16.2 Å². The molecule has 3 N–H and O–H groups in total. The van der Waals surface area contributed by atoms with Crippen LogP contribution in [0.5, 0.6) is 0 Å². The molecule has 1 aromatic rings. The van der Waals surface area contributed by atoms with Gasteiger partial charge in [-0.25, -0.2) is 4.98 Å². The number of carbonyl (C=O) groups excluding carboxylic acids is 1. The average molecular weight is 306 g/mol. The second-order valence-corrected chi connectivity index (χ2v) is 4.90. The Bertz CT molecular complexity index is 432. The van der Waals surface area contributed by atoms with Gasteiger partial charge in [-0.05, 0) is 31.4 Å². The number of hydrogen-bond acceptors (Lipinski definition) is 4. The van der Waals surface area contributed by atoms with Crippen LogP contribution in [-0.2, 0) is 9.53 Å². The van der Waals surface area contributed by atoms with Crippen LogP contribution in [0.3, 0.4) is 0 Å². The summed E-state index contributed by atoms with van der Waals surface area (Å²) in [5.41, 5.74) is 6.96. The predicted octanol–water partition coefficient (Wildman–Crippen LogP) is 2.39. The van der Waals surface area contributed by atoms with Gasteiger partial charge in [-0.3, -0.25) is 4.79 Å². The van der Waals surface area contributed by atoms with Gasteiger partial charge in [0.2, 0.25) is 5.91 Å². The average Bonchev–Trinajstić information content (AvgIpc) is 2.33. The molecule has 1 rings (SSSR count). The molecule has 106 valence electrons. The standard InChI is InChI=1S/C12H17Cl2N3O2/c1-7-6-9(13)16-11(14)10(7)17-12(18)8(15)4-3-5-19-2/h6,8H,3-5,15H2,1-2H3,(H,17,18). The van der Waals surface area contributed by atoms with Crippen LogP contribution in [0.1, 0.15) is 18.4 Å². The van der Waals surface area contributed by atoms with E-state index in [0.29, 0.717) is 18.7 Å². The van der Waals surface area contributed by atoms with Crippen LogP contribution in [0, 0.1) is 6.92 Å². The van der Waals surface area contributed by atoms with E-state index >= 15 is 0 Å². The molecule has 0 aromatic carbocycles. The first-order valence-corrected chi connectivity index (χ1v) is 6.59. The Morgan fingerprint density at radius 2 is 2.26 bits per heavy atom. The van der Waals surface area contributed by atoms with Crippen molar-refractivity contribution in [2.24, 2.45) is 5.73 Å². The number of nitrogens with two attached hydrogens (primary N) is 1. The van der Waals surface area contributed by atoms with Gasteiger partial charge in [-0.1, -0.05) is 23.2 Å². The van der Waals surface area contributed by atoms with Crippen molar-refractivity contribution < 1.29 is 9.53 Å².